The van der Waals surface area contributed by atoms with Gasteiger partial charge in [0, 0.05) is 28.3 Å². The molecule has 0 saturated carbocycles. The number of benzene rings is 2. The first kappa shape index (κ1) is 31.2. The van der Waals surface area contributed by atoms with Gasteiger partial charge < -0.3 is 23.7 Å². The number of hydrogen-bond donors (Lipinski definition) is 0. The van der Waals surface area contributed by atoms with Crippen LogP contribution in [0.4, 0.5) is 0 Å². The fourth-order valence-electron chi connectivity index (χ4n) is 2.84. The molecule has 210 valence electrons. The van der Waals surface area contributed by atoms with Crippen LogP contribution in [0.3, 0.4) is 0 Å². The maximum atomic E-state index is 12.5. The summed E-state index contributed by atoms with van der Waals surface area (Å²) in [5.74, 6) is -2.81. The van der Waals surface area contributed by atoms with Crippen LogP contribution in [-0.2, 0) is 33.4 Å². The molecule has 2 rings (SSSR count). The fraction of sp³-hybridized carbons (Fsp3) is 0.233. The molecular weight excluding hydrogens is 520 g/mol. The van der Waals surface area contributed by atoms with Crippen molar-refractivity contribution in [3.05, 3.63) is 78.9 Å². The fourth-order valence-corrected chi connectivity index (χ4v) is 2.84. The maximum absolute atomic E-state index is 12.5. The second kappa shape index (κ2) is 14.8. The number of esters is 5. The van der Waals surface area contributed by atoms with Gasteiger partial charge in [-0.2, -0.15) is 0 Å². The third-order valence-corrected chi connectivity index (χ3v) is 4.91. The number of ether oxygens (including phenoxy) is 5. The summed E-state index contributed by atoms with van der Waals surface area (Å²) in [6.07, 6.45) is -0.458. The van der Waals surface area contributed by atoms with Gasteiger partial charge in [-0.05, 0) is 50.6 Å². The number of carbonyl (C=O) groups is 5. The first-order valence-corrected chi connectivity index (χ1v) is 12.1. The Morgan fingerprint density at radius 1 is 0.600 bits per heavy atom. The quantitative estimate of drug-likeness (QED) is 0.197. The second-order valence-electron chi connectivity index (χ2n) is 8.63. The monoisotopic (exact) mass is 550 g/mol. The molecule has 0 heterocycles. The Morgan fingerprint density at radius 3 is 1.57 bits per heavy atom. The lowest BCUT2D eigenvalue weighted by Crippen LogP contribution is -2.15. The lowest BCUT2D eigenvalue weighted by Gasteiger charge is -2.13. The van der Waals surface area contributed by atoms with Crippen molar-refractivity contribution in [2.24, 2.45) is 0 Å². The summed E-state index contributed by atoms with van der Waals surface area (Å²) >= 11 is 0. The normalized spacial score (nSPS) is 10.1. The van der Waals surface area contributed by atoms with Crippen molar-refractivity contribution in [1.29, 1.82) is 0 Å². The van der Waals surface area contributed by atoms with Crippen LogP contribution in [0, 0.1) is 0 Å². The molecule has 0 amide bonds. The van der Waals surface area contributed by atoms with E-state index < -0.39 is 29.8 Å². The minimum atomic E-state index is -0.710. The van der Waals surface area contributed by atoms with Gasteiger partial charge in [-0.1, -0.05) is 31.9 Å². The first-order valence-electron chi connectivity index (χ1n) is 12.1. The van der Waals surface area contributed by atoms with E-state index in [9.17, 15) is 24.0 Å². The summed E-state index contributed by atoms with van der Waals surface area (Å²) in [5.41, 5.74) is 1.69. The Morgan fingerprint density at radius 2 is 1.07 bits per heavy atom. The molecular formula is C30H30O10. The van der Waals surface area contributed by atoms with Crippen LogP contribution >= 0.6 is 0 Å². The predicted molar refractivity (Wildman–Crippen MR) is 144 cm³/mol. The highest BCUT2D eigenvalue weighted by atomic mass is 16.6. The Labute approximate surface area is 231 Å². The highest BCUT2D eigenvalue weighted by molar-refractivity contribution is 5.89. The van der Waals surface area contributed by atoms with E-state index in [2.05, 4.69) is 19.7 Å². The molecule has 0 fully saturated rings. The van der Waals surface area contributed by atoms with Crippen molar-refractivity contribution in [2.45, 2.75) is 33.6 Å². The third kappa shape index (κ3) is 10.1. The molecule has 10 heteroatoms. The molecule has 0 saturated heterocycles. The zero-order valence-electron chi connectivity index (χ0n) is 22.6. The lowest BCUT2D eigenvalue weighted by molar-refractivity contribution is -0.143. The summed E-state index contributed by atoms with van der Waals surface area (Å²) in [6.45, 7) is 14.5. The molecule has 0 aliphatic rings. The summed E-state index contributed by atoms with van der Waals surface area (Å²) in [7, 11) is 0. The topological polar surface area (TPSA) is 132 Å². The van der Waals surface area contributed by atoms with Crippen molar-refractivity contribution in [3.63, 3.8) is 0 Å². The van der Waals surface area contributed by atoms with Crippen LogP contribution in [0.5, 0.6) is 17.2 Å². The minimum absolute atomic E-state index is 0.0573. The first-order chi connectivity index (χ1) is 18.9. The van der Waals surface area contributed by atoms with E-state index in [4.69, 9.17) is 23.7 Å². The van der Waals surface area contributed by atoms with Crippen LogP contribution in [-0.4, -0.2) is 43.1 Å². The molecule has 0 unspecified atom stereocenters. The molecule has 10 nitrogen and oxygen atoms in total. The molecule has 40 heavy (non-hydrogen) atoms. The second-order valence-corrected chi connectivity index (χ2v) is 8.63. The van der Waals surface area contributed by atoms with E-state index in [1.54, 1.807) is 30.3 Å². The SMILES string of the molecule is C=C(C)C(=O)OCCC(=O)Oc1ccc(-c2ccc(OC(=O)C(=C)C)cc2)c(OC(=O)CCOC(=O)C(=C)C)c1. The molecule has 2 aromatic carbocycles. The van der Waals surface area contributed by atoms with Crippen molar-refractivity contribution in [1.82, 2.24) is 0 Å². The van der Waals surface area contributed by atoms with E-state index in [-0.39, 0.29) is 60.0 Å². The zero-order chi connectivity index (χ0) is 29.8. The average Bonchev–Trinajstić information content (AvgIpc) is 2.89. The Kier molecular flexibility index (Phi) is 11.6. The van der Waals surface area contributed by atoms with Crippen molar-refractivity contribution >= 4 is 29.8 Å². The zero-order valence-corrected chi connectivity index (χ0v) is 22.6. The van der Waals surface area contributed by atoms with Crippen molar-refractivity contribution < 1.29 is 47.7 Å². The van der Waals surface area contributed by atoms with Crippen LogP contribution in [0.1, 0.15) is 33.6 Å². The average molecular weight is 551 g/mol. The number of hydrogen-bond acceptors (Lipinski definition) is 10. The van der Waals surface area contributed by atoms with Crippen LogP contribution in [0.25, 0.3) is 11.1 Å². The van der Waals surface area contributed by atoms with Crippen LogP contribution in [0.15, 0.2) is 78.9 Å². The van der Waals surface area contributed by atoms with E-state index in [1.807, 2.05) is 0 Å². The van der Waals surface area contributed by atoms with Crippen LogP contribution < -0.4 is 14.2 Å². The van der Waals surface area contributed by atoms with Gasteiger partial charge in [0.15, 0.2) is 0 Å². The van der Waals surface area contributed by atoms with Crippen molar-refractivity contribution in [3.8, 4) is 28.4 Å². The molecule has 0 aliphatic heterocycles. The largest absolute Gasteiger partial charge is 0.462 e. The predicted octanol–water partition coefficient (Wildman–Crippen LogP) is 4.66. The molecule has 0 spiro atoms. The molecule has 0 aromatic heterocycles. The summed E-state index contributed by atoms with van der Waals surface area (Å²) in [5, 5.41) is 0. The minimum Gasteiger partial charge on any atom is -0.462 e. The molecule has 0 aliphatic carbocycles. The van der Waals surface area contributed by atoms with Gasteiger partial charge in [-0.25, -0.2) is 14.4 Å². The molecule has 0 bridgehead atoms. The van der Waals surface area contributed by atoms with E-state index >= 15 is 0 Å². The summed E-state index contributed by atoms with van der Waals surface area (Å²) < 4.78 is 25.8. The lowest BCUT2D eigenvalue weighted by atomic mass is 10.0. The van der Waals surface area contributed by atoms with E-state index in [1.165, 1.54) is 32.9 Å². The van der Waals surface area contributed by atoms with Gasteiger partial charge in [-0.15, -0.1) is 0 Å². The third-order valence-electron chi connectivity index (χ3n) is 4.91. The molecule has 0 atom stereocenters. The summed E-state index contributed by atoms with van der Waals surface area (Å²) in [6, 6.07) is 10.8. The standard InChI is InChI=1S/C30H30O10/c1-18(2)28(33)36-15-13-26(31)38-23-11-12-24(21-7-9-22(10-8-21)39-30(35)20(5)6)25(17-23)40-27(32)14-16-37-29(34)19(3)4/h7-12,17H,1,3,5,13-16H2,2,4,6H3. The van der Waals surface area contributed by atoms with Gasteiger partial charge >= 0.3 is 29.8 Å². The number of rotatable bonds is 13. The highest BCUT2D eigenvalue weighted by Gasteiger charge is 2.16. The molecule has 2 aromatic rings. The van der Waals surface area contributed by atoms with Gasteiger partial charge in [0.05, 0.1) is 12.8 Å². The maximum Gasteiger partial charge on any atom is 0.338 e. The van der Waals surface area contributed by atoms with Gasteiger partial charge in [0.25, 0.3) is 0 Å². The van der Waals surface area contributed by atoms with E-state index in [0.717, 1.165) is 0 Å². The Bertz CT molecular complexity index is 1330. The van der Waals surface area contributed by atoms with Crippen molar-refractivity contribution in [2.75, 3.05) is 13.2 Å². The van der Waals surface area contributed by atoms with Gasteiger partial charge in [-0.3, -0.25) is 9.59 Å². The van der Waals surface area contributed by atoms with E-state index in [0.29, 0.717) is 11.1 Å². The Balaban J connectivity index is 2.21. The molecule has 0 radical (unpaired) electrons. The van der Waals surface area contributed by atoms with Gasteiger partial charge in [0.1, 0.15) is 30.5 Å². The Hall–Kier alpha value is -4.99. The molecule has 0 N–H and O–H groups in total. The summed E-state index contributed by atoms with van der Waals surface area (Å²) in [4.78, 5) is 59.6. The smallest absolute Gasteiger partial charge is 0.338 e. The van der Waals surface area contributed by atoms with Crippen LogP contribution in [0.2, 0.25) is 0 Å². The highest BCUT2D eigenvalue weighted by Crippen LogP contribution is 2.35. The number of carbonyl (C=O) groups excluding carboxylic acids is 5. The van der Waals surface area contributed by atoms with Gasteiger partial charge in [0.2, 0.25) is 0 Å².